The molecule has 0 amide bonds. The van der Waals surface area contributed by atoms with Gasteiger partial charge in [0.15, 0.2) is 5.79 Å². The molecule has 0 aliphatic carbocycles. The van der Waals surface area contributed by atoms with Crippen LogP contribution in [0.3, 0.4) is 0 Å². The maximum Gasteiger partial charge on any atom is 0.197 e. The number of benzene rings is 2. The summed E-state index contributed by atoms with van der Waals surface area (Å²) in [7, 11) is 1.74. The molecule has 0 saturated carbocycles. The summed E-state index contributed by atoms with van der Waals surface area (Å²) >= 11 is 6.58. The van der Waals surface area contributed by atoms with Crippen LogP contribution < -0.4 is 0 Å². The number of hydrogen-bond acceptors (Lipinski definition) is 4. The fourth-order valence-electron chi connectivity index (χ4n) is 3.74. The smallest absolute Gasteiger partial charge is 0.197 e. The molecule has 5 nitrogen and oxygen atoms in total. The van der Waals surface area contributed by atoms with Gasteiger partial charge in [0.05, 0.1) is 19.3 Å². The van der Waals surface area contributed by atoms with E-state index in [0.717, 1.165) is 29.1 Å². The molecule has 29 heavy (non-hydrogen) atoms. The first kappa shape index (κ1) is 20.1. The molecule has 1 fully saturated rings. The highest BCUT2D eigenvalue weighted by atomic mass is 35.5. The Labute approximate surface area is 176 Å². The molecule has 152 valence electrons. The zero-order chi connectivity index (χ0) is 20.3. The maximum absolute atomic E-state index is 6.58. The van der Waals surface area contributed by atoms with E-state index in [9.17, 15) is 0 Å². The van der Waals surface area contributed by atoms with E-state index in [1.807, 2.05) is 66.2 Å². The van der Waals surface area contributed by atoms with Gasteiger partial charge in [-0.05, 0) is 31.0 Å². The molecule has 1 aromatic heterocycles. The van der Waals surface area contributed by atoms with Crippen molar-refractivity contribution in [2.24, 2.45) is 0 Å². The zero-order valence-corrected chi connectivity index (χ0v) is 17.4. The van der Waals surface area contributed by atoms with Gasteiger partial charge in [-0.15, -0.1) is 0 Å². The van der Waals surface area contributed by atoms with Gasteiger partial charge in [0.2, 0.25) is 0 Å². The molecule has 0 spiro atoms. The minimum absolute atomic E-state index is 0.0889. The maximum atomic E-state index is 6.58. The summed E-state index contributed by atoms with van der Waals surface area (Å²) < 4.78 is 20.2. The number of aryl methyl sites for hydroxylation is 1. The van der Waals surface area contributed by atoms with E-state index < -0.39 is 5.79 Å². The first-order valence-corrected chi connectivity index (χ1v) is 10.1. The predicted molar refractivity (Wildman–Crippen MR) is 112 cm³/mol. The molecule has 2 heterocycles. The van der Waals surface area contributed by atoms with Crippen molar-refractivity contribution < 1.29 is 14.2 Å². The Hall–Kier alpha value is -2.18. The Morgan fingerprint density at radius 1 is 1.24 bits per heavy atom. The van der Waals surface area contributed by atoms with E-state index in [-0.39, 0.29) is 6.10 Å². The normalized spacial score (nSPS) is 22.0. The molecule has 4 rings (SSSR count). The fourth-order valence-corrected chi connectivity index (χ4v) is 3.97. The van der Waals surface area contributed by atoms with E-state index in [4.69, 9.17) is 25.8 Å². The number of imidazole rings is 1. The number of hydrogen-bond donors (Lipinski definition) is 0. The lowest BCUT2D eigenvalue weighted by atomic mass is 9.95. The van der Waals surface area contributed by atoms with Crippen LogP contribution in [0.25, 0.3) is 5.69 Å². The van der Waals surface area contributed by atoms with E-state index in [0.29, 0.717) is 24.7 Å². The highest BCUT2D eigenvalue weighted by Gasteiger charge is 2.40. The summed E-state index contributed by atoms with van der Waals surface area (Å²) in [5.74, 6) is 0.0673. The highest BCUT2D eigenvalue weighted by Crippen LogP contribution is 2.38. The Morgan fingerprint density at radius 2 is 2.07 bits per heavy atom. The van der Waals surface area contributed by atoms with Gasteiger partial charge in [-0.1, -0.05) is 48.0 Å². The molecule has 2 aromatic carbocycles. The Morgan fingerprint density at radius 3 is 2.76 bits per heavy atom. The molecule has 1 saturated heterocycles. The van der Waals surface area contributed by atoms with Gasteiger partial charge in [0, 0.05) is 42.2 Å². The second-order valence-electron chi connectivity index (χ2n) is 7.23. The van der Waals surface area contributed by atoms with Crippen molar-refractivity contribution in [3.8, 4) is 5.69 Å². The second-order valence-corrected chi connectivity index (χ2v) is 7.63. The van der Waals surface area contributed by atoms with Crippen molar-refractivity contribution in [3.05, 3.63) is 82.9 Å². The largest absolute Gasteiger partial charge is 0.381 e. The fraction of sp³-hybridized carbons (Fsp3) is 0.348. The highest BCUT2D eigenvalue weighted by molar-refractivity contribution is 6.31. The number of aromatic nitrogens is 2. The molecular weight excluding hydrogens is 388 g/mol. The van der Waals surface area contributed by atoms with Gasteiger partial charge in [-0.2, -0.15) is 0 Å². The number of halogens is 1. The van der Waals surface area contributed by atoms with E-state index in [1.165, 1.54) is 0 Å². The van der Waals surface area contributed by atoms with Crippen molar-refractivity contribution in [3.63, 3.8) is 0 Å². The van der Waals surface area contributed by atoms with Gasteiger partial charge in [0.1, 0.15) is 5.82 Å². The lowest BCUT2D eigenvalue weighted by Gasteiger charge is -2.40. The second kappa shape index (κ2) is 8.67. The third kappa shape index (κ3) is 4.23. The number of nitrogens with zero attached hydrogens (tertiary/aromatic N) is 2. The SMILES string of the molecule is COC1CCOC(OCc2ccc(-n3ccnc3C)cc2Cl)(c2ccccc2)C1. The third-order valence-corrected chi connectivity index (χ3v) is 5.77. The van der Waals surface area contributed by atoms with Crippen LogP contribution in [-0.2, 0) is 26.6 Å². The molecule has 0 bridgehead atoms. The van der Waals surface area contributed by atoms with Crippen molar-refractivity contribution in [2.45, 2.75) is 38.3 Å². The number of methoxy groups -OCH3 is 1. The van der Waals surface area contributed by atoms with Crippen molar-refractivity contribution >= 4 is 11.6 Å². The lowest BCUT2D eigenvalue weighted by molar-refractivity contribution is -0.288. The molecule has 6 heteroatoms. The van der Waals surface area contributed by atoms with Crippen molar-refractivity contribution in [1.29, 1.82) is 0 Å². The predicted octanol–water partition coefficient (Wildman–Crippen LogP) is 5.03. The van der Waals surface area contributed by atoms with Crippen LogP contribution in [-0.4, -0.2) is 29.4 Å². The van der Waals surface area contributed by atoms with E-state index >= 15 is 0 Å². The van der Waals surface area contributed by atoms with Crippen LogP contribution >= 0.6 is 11.6 Å². The number of ether oxygens (including phenoxy) is 3. The Bertz CT molecular complexity index is 960. The standard InChI is InChI=1S/C23H25ClN2O3/c1-17-25-11-12-26(17)20-9-8-18(22(24)14-20)16-29-23(19-6-4-3-5-7-19)15-21(27-2)10-13-28-23/h3-9,11-12,14,21H,10,13,15-16H2,1-2H3. The molecular formula is C23H25ClN2O3. The van der Waals surface area contributed by atoms with Gasteiger partial charge >= 0.3 is 0 Å². The molecule has 1 aliphatic rings. The third-order valence-electron chi connectivity index (χ3n) is 5.42. The average Bonchev–Trinajstić information content (AvgIpc) is 3.19. The Balaban J connectivity index is 1.57. The molecule has 3 aromatic rings. The molecule has 0 radical (unpaired) electrons. The lowest BCUT2D eigenvalue weighted by Crippen LogP contribution is -2.42. The minimum Gasteiger partial charge on any atom is -0.381 e. The van der Waals surface area contributed by atoms with E-state index in [2.05, 4.69) is 4.98 Å². The monoisotopic (exact) mass is 412 g/mol. The van der Waals surface area contributed by atoms with Crippen LogP contribution in [0.5, 0.6) is 0 Å². The molecule has 2 unspecified atom stereocenters. The zero-order valence-electron chi connectivity index (χ0n) is 16.7. The van der Waals surface area contributed by atoms with Crippen LogP contribution in [0.1, 0.15) is 29.8 Å². The van der Waals surface area contributed by atoms with Crippen LogP contribution in [0, 0.1) is 6.92 Å². The van der Waals surface area contributed by atoms with Gasteiger partial charge in [-0.25, -0.2) is 4.98 Å². The summed E-state index contributed by atoms with van der Waals surface area (Å²) in [6, 6.07) is 16.0. The van der Waals surface area contributed by atoms with Crippen molar-refractivity contribution in [2.75, 3.05) is 13.7 Å². The summed E-state index contributed by atoms with van der Waals surface area (Å²) in [4.78, 5) is 4.27. The number of rotatable bonds is 6. The average molecular weight is 413 g/mol. The van der Waals surface area contributed by atoms with Gasteiger partial charge < -0.3 is 18.8 Å². The van der Waals surface area contributed by atoms with Crippen molar-refractivity contribution in [1.82, 2.24) is 9.55 Å². The van der Waals surface area contributed by atoms with Crippen LogP contribution in [0.2, 0.25) is 5.02 Å². The minimum atomic E-state index is -0.844. The quantitative estimate of drug-likeness (QED) is 0.569. The molecule has 2 atom stereocenters. The first-order chi connectivity index (χ1) is 14.1. The van der Waals surface area contributed by atoms with Gasteiger partial charge in [0.25, 0.3) is 0 Å². The summed E-state index contributed by atoms with van der Waals surface area (Å²) in [5.41, 5.74) is 2.87. The molecule has 0 N–H and O–H groups in total. The van der Waals surface area contributed by atoms with Crippen LogP contribution in [0.15, 0.2) is 60.9 Å². The Kier molecular flexibility index (Phi) is 6.01. The summed E-state index contributed by atoms with van der Waals surface area (Å²) in [5, 5.41) is 0.651. The summed E-state index contributed by atoms with van der Waals surface area (Å²) in [6.45, 7) is 2.88. The van der Waals surface area contributed by atoms with Gasteiger partial charge in [-0.3, -0.25) is 0 Å². The van der Waals surface area contributed by atoms with Crippen LogP contribution in [0.4, 0.5) is 0 Å². The summed E-state index contributed by atoms with van der Waals surface area (Å²) in [6.07, 6.45) is 5.27. The topological polar surface area (TPSA) is 45.5 Å². The first-order valence-electron chi connectivity index (χ1n) is 9.76. The van der Waals surface area contributed by atoms with E-state index in [1.54, 1.807) is 13.3 Å². The molecule has 1 aliphatic heterocycles.